The lowest BCUT2D eigenvalue weighted by Gasteiger charge is -2.33. The van der Waals surface area contributed by atoms with Crippen molar-refractivity contribution in [2.24, 2.45) is 5.92 Å². The predicted octanol–water partition coefficient (Wildman–Crippen LogP) is 4.24. The normalized spacial score (nSPS) is 16.7. The van der Waals surface area contributed by atoms with Crippen molar-refractivity contribution in [1.29, 1.82) is 0 Å². The number of halogens is 4. The third-order valence-electron chi connectivity index (χ3n) is 4.88. The number of amides is 1. The van der Waals surface area contributed by atoms with Gasteiger partial charge in [-0.15, -0.1) is 0 Å². The van der Waals surface area contributed by atoms with E-state index in [2.05, 4.69) is 15.3 Å². The highest BCUT2D eigenvalue weighted by atomic mass is 35.5. The van der Waals surface area contributed by atoms with Crippen LogP contribution in [0.2, 0.25) is 5.02 Å². The van der Waals surface area contributed by atoms with E-state index < -0.39 is 11.7 Å². The monoisotopic (exact) mass is 412 g/mol. The Hall–Kier alpha value is -2.35. The Morgan fingerprint density at radius 1 is 1.29 bits per heavy atom. The smallest absolute Gasteiger partial charge is 0.355 e. The van der Waals surface area contributed by atoms with E-state index in [1.54, 1.807) is 12.4 Å². The number of hydrogen-bond acceptors (Lipinski definition) is 4. The second kappa shape index (κ2) is 8.34. The first-order valence-corrected chi connectivity index (χ1v) is 9.31. The number of aromatic nitrogens is 2. The van der Waals surface area contributed by atoms with Gasteiger partial charge in [0.2, 0.25) is 5.91 Å². The van der Waals surface area contributed by atoms with E-state index in [0.29, 0.717) is 31.7 Å². The molecule has 0 aliphatic carbocycles. The number of piperidine rings is 1. The van der Waals surface area contributed by atoms with Crippen LogP contribution in [-0.2, 0) is 11.0 Å². The minimum atomic E-state index is -4.48. The molecule has 0 spiro atoms. The molecule has 1 N–H and O–H groups in total. The topological polar surface area (TPSA) is 58.1 Å². The van der Waals surface area contributed by atoms with Crippen molar-refractivity contribution >= 4 is 23.3 Å². The first kappa shape index (κ1) is 20.4. The maximum absolute atomic E-state index is 12.7. The molecule has 1 atom stereocenters. The number of carbonyl (C=O) groups excluding carboxylic acids is 1. The first-order valence-electron chi connectivity index (χ1n) is 8.93. The van der Waals surface area contributed by atoms with Crippen molar-refractivity contribution in [3.63, 3.8) is 0 Å². The Labute approximate surface area is 165 Å². The van der Waals surface area contributed by atoms with Gasteiger partial charge in [-0.25, -0.2) is 4.98 Å². The Bertz CT molecular complexity index is 824. The fourth-order valence-electron chi connectivity index (χ4n) is 3.24. The second-order valence-corrected chi connectivity index (χ2v) is 7.21. The van der Waals surface area contributed by atoms with Crippen LogP contribution in [-0.4, -0.2) is 29.0 Å². The van der Waals surface area contributed by atoms with Crippen molar-refractivity contribution < 1.29 is 18.0 Å². The molecule has 1 fully saturated rings. The van der Waals surface area contributed by atoms with Gasteiger partial charge in [-0.1, -0.05) is 11.6 Å². The molecule has 2 aromatic heterocycles. The van der Waals surface area contributed by atoms with Crippen LogP contribution in [0.3, 0.4) is 0 Å². The third-order valence-corrected chi connectivity index (χ3v) is 5.16. The molecule has 0 bridgehead atoms. The molecule has 1 saturated heterocycles. The van der Waals surface area contributed by atoms with Gasteiger partial charge in [0.25, 0.3) is 0 Å². The lowest BCUT2D eigenvalue weighted by atomic mass is 9.95. The zero-order chi connectivity index (χ0) is 20.3. The predicted molar refractivity (Wildman–Crippen MR) is 100.0 cm³/mol. The Morgan fingerprint density at radius 2 is 1.93 bits per heavy atom. The molecule has 1 aliphatic heterocycles. The highest BCUT2D eigenvalue weighted by Crippen LogP contribution is 2.34. The molecule has 0 radical (unpaired) electrons. The number of nitrogens with zero attached hydrogens (tertiary/aromatic N) is 3. The van der Waals surface area contributed by atoms with Crippen molar-refractivity contribution in [3.05, 3.63) is 52.9 Å². The molecule has 0 aromatic carbocycles. The van der Waals surface area contributed by atoms with Crippen LogP contribution in [0, 0.1) is 5.92 Å². The van der Waals surface area contributed by atoms with Gasteiger partial charge >= 0.3 is 6.18 Å². The summed E-state index contributed by atoms with van der Waals surface area (Å²) in [5.74, 6) is 0.128. The van der Waals surface area contributed by atoms with Crippen LogP contribution in [0.4, 0.5) is 19.0 Å². The molecule has 5 nitrogen and oxygen atoms in total. The molecule has 150 valence electrons. The number of rotatable bonds is 4. The van der Waals surface area contributed by atoms with E-state index in [4.69, 9.17) is 11.6 Å². The average Bonchev–Trinajstić information content (AvgIpc) is 2.68. The number of hydrogen-bond donors (Lipinski definition) is 1. The molecule has 28 heavy (non-hydrogen) atoms. The summed E-state index contributed by atoms with van der Waals surface area (Å²) in [5.41, 5.74) is 0.0992. The van der Waals surface area contributed by atoms with Crippen molar-refractivity contribution in [2.45, 2.75) is 32.0 Å². The Balaban J connectivity index is 1.58. The van der Waals surface area contributed by atoms with Crippen LogP contribution < -0.4 is 10.2 Å². The van der Waals surface area contributed by atoms with E-state index in [-0.39, 0.29) is 22.9 Å². The standard InChI is InChI=1S/C19H20ClF3N4O/c1-12(13-2-6-24-7-3-13)26-18(28)14-4-8-27(9-5-14)17-16(20)10-15(11-25-17)19(21,22)23/h2-3,6-7,10-12,14H,4-5,8-9H2,1H3,(H,26,28)/t12-/m1/s1. The van der Waals surface area contributed by atoms with Gasteiger partial charge in [-0.05, 0) is 43.5 Å². The maximum atomic E-state index is 12.7. The van der Waals surface area contributed by atoms with Crippen LogP contribution >= 0.6 is 11.6 Å². The number of alkyl halides is 3. The minimum Gasteiger partial charge on any atom is -0.355 e. The Kier molecular flexibility index (Phi) is 6.07. The summed E-state index contributed by atoms with van der Waals surface area (Å²) in [6, 6.07) is 4.47. The number of pyridine rings is 2. The Morgan fingerprint density at radius 3 is 2.50 bits per heavy atom. The second-order valence-electron chi connectivity index (χ2n) is 6.80. The summed E-state index contributed by atoms with van der Waals surface area (Å²) in [7, 11) is 0. The van der Waals surface area contributed by atoms with E-state index in [0.717, 1.165) is 17.8 Å². The quantitative estimate of drug-likeness (QED) is 0.816. The van der Waals surface area contributed by atoms with Crippen molar-refractivity contribution in [3.8, 4) is 0 Å². The molecule has 0 saturated carbocycles. The summed E-state index contributed by atoms with van der Waals surface area (Å²) in [4.78, 5) is 22.2. The zero-order valence-corrected chi connectivity index (χ0v) is 16.0. The SMILES string of the molecule is C[C@@H](NC(=O)C1CCN(c2ncc(C(F)(F)F)cc2Cl)CC1)c1ccncc1. The molecule has 0 unspecified atom stereocenters. The van der Waals surface area contributed by atoms with Gasteiger partial charge in [0, 0.05) is 37.6 Å². The van der Waals surface area contributed by atoms with Gasteiger partial charge in [-0.2, -0.15) is 13.2 Å². The zero-order valence-electron chi connectivity index (χ0n) is 15.2. The van der Waals surface area contributed by atoms with E-state index in [1.165, 1.54) is 0 Å². The molecule has 9 heteroatoms. The fraction of sp³-hybridized carbons (Fsp3) is 0.421. The van der Waals surface area contributed by atoms with Crippen LogP contribution in [0.1, 0.15) is 36.9 Å². The maximum Gasteiger partial charge on any atom is 0.417 e. The fourth-order valence-corrected chi connectivity index (χ4v) is 3.52. The largest absolute Gasteiger partial charge is 0.417 e. The lowest BCUT2D eigenvalue weighted by Crippen LogP contribution is -2.41. The van der Waals surface area contributed by atoms with E-state index in [1.807, 2.05) is 24.0 Å². The molecule has 3 rings (SSSR count). The summed E-state index contributed by atoms with van der Waals surface area (Å²) in [6.07, 6.45) is 0.818. The third kappa shape index (κ3) is 4.73. The summed E-state index contributed by atoms with van der Waals surface area (Å²) < 4.78 is 38.2. The highest BCUT2D eigenvalue weighted by Gasteiger charge is 2.33. The minimum absolute atomic E-state index is 0.0320. The number of nitrogens with one attached hydrogen (secondary N) is 1. The van der Waals surface area contributed by atoms with Crippen LogP contribution in [0.15, 0.2) is 36.8 Å². The van der Waals surface area contributed by atoms with Gasteiger partial charge in [0.15, 0.2) is 0 Å². The number of carbonyl (C=O) groups is 1. The van der Waals surface area contributed by atoms with Gasteiger partial charge in [-0.3, -0.25) is 9.78 Å². The van der Waals surface area contributed by atoms with Gasteiger partial charge < -0.3 is 10.2 Å². The molecular formula is C19H20ClF3N4O. The lowest BCUT2D eigenvalue weighted by molar-refractivity contribution is -0.137. The number of anilines is 1. The van der Waals surface area contributed by atoms with Crippen molar-refractivity contribution in [1.82, 2.24) is 15.3 Å². The summed E-state index contributed by atoms with van der Waals surface area (Å²) in [5, 5.41) is 2.97. The first-order chi connectivity index (χ1) is 13.3. The molecule has 1 amide bonds. The van der Waals surface area contributed by atoms with Crippen LogP contribution in [0.5, 0.6) is 0 Å². The molecule has 1 aliphatic rings. The molecule has 3 heterocycles. The van der Waals surface area contributed by atoms with Gasteiger partial charge in [0.1, 0.15) is 5.82 Å². The van der Waals surface area contributed by atoms with E-state index >= 15 is 0 Å². The highest BCUT2D eigenvalue weighted by molar-refractivity contribution is 6.33. The average molecular weight is 413 g/mol. The van der Waals surface area contributed by atoms with E-state index in [9.17, 15) is 18.0 Å². The molecular weight excluding hydrogens is 393 g/mol. The van der Waals surface area contributed by atoms with Crippen LogP contribution in [0.25, 0.3) is 0 Å². The van der Waals surface area contributed by atoms with Gasteiger partial charge in [0.05, 0.1) is 16.6 Å². The molecule has 2 aromatic rings. The summed E-state index contributed by atoms with van der Waals surface area (Å²) >= 11 is 6.02. The van der Waals surface area contributed by atoms with Crippen molar-refractivity contribution in [2.75, 3.05) is 18.0 Å². The summed E-state index contributed by atoms with van der Waals surface area (Å²) in [6.45, 7) is 2.91.